The van der Waals surface area contributed by atoms with Crippen LogP contribution in [0.2, 0.25) is 0 Å². The van der Waals surface area contributed by atoms with E-state index in [0.29, 0.717) is 0 Å². The van der Waals surface area contributed by atoms with Gasteiger partial charge < -0.3 is 4.74 Å². The van der Waals surface area contributed by atoms with E-state index in [-0.39, 0.29) is 17.5 Å². The Balaban J connectivity index is 2.46. The first-order chi connectivity index (χ1) is 7.47. The highest BCUT2D eigenvalue weighted by Gasteiger charge is 2.58. The molecule has 16 heavy (non-hydrogen) atoms. The fourth-order valence-electron chi connectivity index (χ4n) is 1.70. The Labute approximate surface area is 90.0 Å². The number of rotatable bonds is 2. The second-order valence-corrected chi connectivity index (χ2v) is 3.71. The van der Waals surface area contributed by atoms with E-state index in [1.54, 1.807) is 0 Å². The molecule has 2 rings (SSSR count). The summed E-state index contributed by atoms with van der Waals surface area (Å²) < 4.78 is 43.5. The largest absolute Gasteiger partial charge is 0.465 e. The number of carbonyl (C=O) groups is 1. The fourth-order valence-corrected chi connectivity index (χ4v) is 1.70. The van der Waals surface area contributed by atoms with Crippen molar-refractivity contribution in [2.45, 2.75) is 18.3 Å². The minimum absolute atomic E-state index is 0.0249. The van der Waals surface area contributed by atoms with Gasteiger partial charge in [-0.25, -0.2) is 18.0 Å². The predicted molar refractivity (Wildman–Crippen MR) is 50.0 cm³/mol. The summed E-state index contributed by atoms with van der Waals surface area (Å²) in [6, 6.07) is 3.70. The van der Waals surface area contributed by atoms with Gasteiger partial charge in [-0.2, -0.15) is 0 Å². The molecular formula is C11H9F3O2. The van der Waals surface area contributed by atoms with Crippen molar-refractivity contribution in [3.05, 3.63) is 35.1 Å². The molecule has 0 bridgehead atoms. The van der Waals surface area contributed by atoms with Crippen LogP contribution in [0.4, 0.5) is 13.2 Å². The number of esters is 1. The number of methoxy groups -OCH3 is 1. The topological polar surface area (TPSA) is 26.3 Å². The second kappa shape index (κ2) is 3.50. The van der Waals surface area contributed by atoms with Crippen molar-refractivity contribution in [2.75, 3.05) is 7.11 Å². The Morgan fingerprint density at radius 2 is 2.12 bits per heavy atom. The summed E-state index contributed by atoms with van der Waals surface area (Å²) >= 11 is 0. The van der Waals surface area contributed by atoms with Gasteiger partial charge in [-0.05, 0) is 11.6 Å². The Kier molecular flexibility index (Phi) is 2.40. The van der Waals surface area contributed by atoms with Crippen molar-refractivity contribution in [1.82, 2.24) is 0 Å². The average Bonchev–Trinajstić information content (AvgIpc) is 2.86. The van der Waals surface area contributed by atoms with Crippen LogP contribution in [-0.2, 0) is 4.74 Å². The van der Waals surface area contributed by atoms with Crippen molar-refractivity contribution < 1.29 is 22.7 Å². The molecule has 0 aromatic heterocycles. The maximum absolute atomic E-state index is 13.4. The summed E-state index contributed by atoms with van der Waals surface area (Å²) in [4.78, 5) is 11.3. The lowest BCUT2D eigenvalue weighted by molar-refractivity contribution is 0.0593. The first-order valence-corrected chi connectivity index (χ1v) is 4.72. The molecule has 0 radical (unpaired) electrons. The van der Waals surface area contributed by atoms with Gasteiger partial charge >= 0.3 is 5.97 Å². The lowest BCUT2D eigenvalue weighted by atomic mass is 10.0. The van der Waals surface area contributed by atoms with Crippen LogP contribution in [0.15, 0.2) is 18.2 Å². The molecule has 1 aromatic rings. The number of hydrogen-bond acceptors (Lipinski definition) is 2. The van der Waals surface area contributed by atoms with Gasteiger partial charge in [0.1, 0.15) is 5.82 Å². The van der Waals surface area contributed by atoms with E-state index < -0.39 is 23.6 Å². The number of carbonyl (C=O) groups excluding carboxylic acids is 1. The highest BCUT2D eigenvalue weighted by atomic mass is 19.3. The van der Waals surface area contributed by atoms with Crippen molar-refractivity contribution in [3.63, 3.8) is 0 Å². The van der Waals surface area contributed by atoms with E-state index in [1.807, 2.05) is 0 Å². The van der Waals surface area contributed by atoms with Gasteiger partial charge in [-0.15, -0.1) is 0 Å². The van der Waals surface area contributed by atoms with E-state index in [0.717, 1.165) is 13.2 Å². The zero-order chi connectivity index (χ0) is 11.9. The lowest BCUT2D eigenvalue weighted by Gasteiger charge is -2.07. The number of halogens is 3. The molecule has 1 aromatic carbocycles. The van der Waals surface area contributed by atoms with Crippen LogP contribution in [-0.4, -0.2) is 19.0 Å². The van der Waals surface area contributed by atoms with Gasteiger partial charge in [0, 0.05) is 6.42 Å². The van der Waals surface area contributed by atoms with E-state index in [1.165, 1.54) is 12.1 Å². The van der Waals surface area contributed by atoms with Crippen molar-refractivity contribution in [1.29, 1.82) is 0 Å². The molecule has 1 aliphatic rings. The average molecular weight is 230 g/mol. The summed E-state index contributed by atoms with van der Waals surface area (Å²) in [6.45, 7) is 0. The molecule has 86 valence electrons. The Hall–Kier alpha value is -1.52. The summed E-state index contributed by atoms with van der Waals surface area (Å²) in [5, 5.41) is 0. The first kappa shape index (κ1) is 11.0. The molecular weight excluding hydrogens is 221 g/mol. The number of ether oxygens (including phenoxy) is 1. The van der Waals surface area contributed by atoms with Crippen LogP contribution in [0.25, 0.3) is 0 Å². The zero-order valence-corrected chi connectivity index (χ0v) is 8.47. The SMILES string of the molecule is COC(=O)c1c(F)cccc1C1CC1(F)F. The highest BCUT2D eigenvalue weighted by Crippen LogP contribution is 2.56. The van der Waals surface area contributed by atoms with Crippen LogP contribution in [0.5, 0.6) is 0 Å². The van der Waals surface area contributed by atoms with Gasteiger partial charge in [-0.1, -0.05) is 12.1 Å². The molecule has 1 fully saturated rings. The van der Waals surface area contributed by atoms with Crippen molar-refractivity contribution in [2.24, 2.45) is 0 Å². The van der Waals surface area contributed by atoms with Gasteiger partial charge in [-0.3, -0.25) is 0 Å². The van der Waals surface area contributed by atoms with Crippen LogP contribution in [0, 0.1) is 5.82 Å². The maximum atomic E-state index is 13.4. The molecule has 0 saturated heterocycles. The third-order valence-corrected chi connectivity index (χ3v) is 2.64. The molecule has 1 saturated carbocycles. The second-order valence-electron chi connectivity index (χ2n) is 3.71. The molecule has 0 spiro atoms. The number of hydrogen-bond donors (Lipinski definition) is 0. The van der Waals surface area contributed by atoms with Gasteiger partial charge in [0.15, 0.2) is 0 Å². The lowest BCUT2D eigenvalue weighted by Crippen LogP contribution is -2.09. The smallest absolute Gasteiger partial charge is 0.341 e. The zero-order valence-electron chi connectivity index (χ0n) is 8.47. The third kappa shape index (κ3) is 1.66. The minimum atomic E-state index is -2.84. The van der Waals surface area contributed by atoms with Crippen LogP contribution in [0.3, 0.4) is 0 Å². The quantitative estimate of drug-likeness (QED) is 0.730. The number of alkyl halides is 2. The van der Waals surface area contributed by atoms with Crippen molar-refractivity contribution >= 4 is 5.97 Å². The molecule has 0 heterocycles. The predicted octanol–water partition coefficient (Wildman–Crippen LogP) is 2.73. The van der Waals surface area contributed by atoms with Crippen LogP contribution < -0.4 is 0 Å². The summed E-state index contributed by atoms with van der Waals surface area (Å²) in [6.07, 6.45) is -0.347. The molecule has 0 N–H and O–H groups in total. The van der Waals surface area contributed by atoms with E-state index in [9.17, 15) is 18.0 Å². The Morgan fingerprint density at radius 1 is 1.50 bits per heavy atom. The third-order valence-electron chi connectivity index (χ3n) is 2.64. The van der Waals surface area contributed by atoms with Gasteiger partial charge in [0.2, 0.25) is 0 Å². The highest BCUT2D eigenvalue weighted by molar-refractivity contribution is 5.91. The molecule has 1 atom stereocenters. The van der Waals surface area contributed by atoms with E-state index in [4.69, 9.17) is 0 Å². The van der Waals surface area contributed by atoms with Gasteiger partial charge in [0.25, 0.3) is 5.92 Å². The summed E-state index contributed by atoms with van der Waals surface area (Å²) in [7, 11) is 1.09. The molecule has 1 unspecified atom stereocenters. The minimum Gasteiger partial charge on any atom is -0.465 e. The molecule has 5 heteroatoms. The summed E-state index contributed by atoms with van der Waals surface area (Å²) in [5.41, 5.74) is -0.357. The monoisotopic (exact) mass is 230 g/mol. The van der Waals surface area contributed by atoms with E-state index >= 15 is 0 Å². The Morgan fingerprint density at radius 3 is 2.62 bits per heavy atom. The Bertz CT molecular complexity index is 443. The molecule has 0 aliphatic heterocycles. The van der Waals surface area contributed by atoms with Gasteiger partial charge in [0.05, 0.1) is 18.6 Å². The van der Waals surface area contributed by atoms with Crippen LogP contribution >= 0.6 is 0 Å². The normalized spacial score (nSPS) is 21.6. The molecule has 1 aliphatic carbocycles. The standard InChI is InChI=1S/C11H9F3O2/c1-16-10(15)9-6(3-2-4-8(9)12)7-5-11(7,13)14/h2-4,7H,5H2,1H3. The van der Waals surface area contributed by atoms with Crippen molar-refractivity contribution in [3.8, 4) is 0 Å². The fraction of sp³-hybridized carbons (Fsp3) is 0.364. The first-order valence-electron chi connectivity index (χ1n) is 4.72. The molecule has 0 amide bonds. The molecule has 2 nitrogen and oxygen atoms in total. The number of benzene rings is 1. The van der Waals surface area contributed by atoms with E-state index in [2.05, 4.69) is 4.74 Å². The summed E-state index contributed by atoms with van der Waals surface area (Å²) in [5.74, 6) is -5.66. The van der Waals surface area contributed by atoms with Crippen LogP contribution in [0.1, 0.15) is 28.3 Å². The maximum Gasteiger partial charge on any atom is 0.341 e.